The van der Waals surface area contributed by atoms with E-state index in [1.807, 2.05) is 36.4 Å². The Morgan fingerprint density at radius 3 is 2.73 bits per heavy atom. The standard InChI is InChI=1S/C18H12Cl2N4OS/c19-13-6-7-15(20)16(8-13)26-11-17(25)23-18-12(9-21)10-22-24(18)14-4-2-1-3-5-14/h1-8,10H,11H2,(H,23,25). The Bertz CT molecular complexity index is 983. The fourth-order valence-corrected chi connectivity index (χ4v) is 3.51. The zero-order valence-corrected chi connectivity index (χ0v) is 15.6. The molecule has 0 radical (unpaired) electrons. The summed E-state index contributed by atoms with van der Waals surface area (Å²) in [6.07, 6.45) is 1.42. The number of aromatic nitrogens is 2. The number of carbonyl (C=O) groups is 1. The number of benzene rings is 2. The Morgan fingerprint density at radius 1 is 1.23 bits per heavy atom. The highest BCUT2D eigenvalue weighted by Crippen LogP contribution is 2.30. The molecule has 2 aromatic carbocycles. The molecule has 1 N–H and O–H groups in total. The smallest absolute Gasteiger partial charge is 0.235 e. The molecule has 0 unspecified atom stereocenters. The van der Waals surface area contributed by atoms with Gasteiger partial charge < -0.3 is 5.32 Å². The first-order chi connectivity index (χ1) is 12.6. The number of nitrogens with one attached hydrogen (secondary N) is 1. The number of para-hydroxylation sites is 1. The van der Waals surface area contributed by atoms with E-state index >= 15 is 0 Å². The van der Waals surface area contributed by atoms with Gasteiger partial charge in [-0.15, -0.1) is 11.8 Å². The molecule has 26 heavy (non-hydrogen) atoms. The first-order valence-corrected chi connectivity index (χ1v) is 9.24. The van der Waals surface area contributed by atoms with Gasteiger partial charge in [0.15, 0.2) is 5.82 Å². The molecular formula is C18H12Cl2N4OS. The van der Waals surface area contributed by atoms with Crippen LogP contribution >= 0.6 is 35.0 Å². The minimum Gasteiger partial charge on any atom is -0.309 e. The zero-order chi connectivity index (χ0) is 18.5. The topological polar surface area (TPSA) is 70.7 Å². The number of halogens is 2. The van der Waals surface area contributed by atoms with Crippen molar-refractivity contribution < 1.29 is 4.79 Å². The summed E-state index contributed by atoms with van der Waals surface area (Å²) in [4.78, 5) is 13.1. The molecule has 0 aliphatic carbocycles. The molecule has 0 bridgehead atoms. The summed E-state index contributed by atoms with van der Waals surface area (Å²) in [7, 11) is 0. The number of anilines is 1. The van der Waals surface area contributed by atoms with E-state index in [-0.39, 0.29) is 17.2 Å². The molecule has 0 aliphatic rings. The van der Waals surface area contributed by atoms with Crippen LogP contribution in [0.4, 0.5) is 5.82 Å². The maximum Gasteiger partial charge on any atom is 0.235 e. The molecule has 3 rings (SSSR count). The highest BCUT2D eigenvalue weighted by atomic mass is 35.5. The largest absolute Gasteiger partial charge is 0.309 e. The van der Waals surface area contributed by atoms with Crippen molar-refractivity contribution in [2.24, 2.45) is 0 Å². The van der Waals surface area contributed by atoms with Crippen LogP contribution in [0.3, 0.4) is 0 Å². The van der Waals surface area contributed by atoms with Crippen LogP contribution in [-0.4, -0.2) is 21.4 Å². The molecule has 0 atom stereocenters. The van der Waals surface area contributed by atoms with E-state index in [0.29, 0.717) is 20.8 Å². The first-order valence-electron chi connectivity index (χ1n) is 7.49. The Labute approximate surface area is 164 Å². The van der Waals surface area contributed by atoms with E-state index < -0.39 is 0 Å². The predicted molar refractivity (Wildman–Crippen MR) is 104 cm³/mol. The van der Waals surface area contributed by atoms with Crippen molar-refractivity contribution in [1.82, 2.24) is 9.78 Å². The van der Waals surface area contributed by atoms with Gasteiger partial charge in [-0.05, 0) is 30.3 Å². The zero-order valence-electron chi connectivity index (χ0n) is 13.3. The average Bonchev–Trinajstić information content (AvgIpc) is 3.05. The lowest BCUT2D eigenvalue weighted by molar-refractivity contribution is -0.113. The molecule has 0 fully saturated rings. The van der Waals surface area contributed by atoms with E-state index in [0.717, 1.165) is 5.69 Å². The molecule has 0 spiro atoms. The van der Waals surface area contributed by atoms with Crippen molar-refractivity contribution in [1.29, 1.82) is 5.26 Å². The number of thioether (sulfide) groups is 1. The van der Waals surface area contributed by atoms with Gasteiger partial charge in [-0.3, -0.25) is 4.79 Å². The van der Waals surface area contributed by atoms with E-state index in [1.54, 1.807) is 18.2 Å². The molecule has 1 aromatic heterocycles. The van der Waals surface area contributed by atoms with Crippen LogP contribution in [-0.2, 0) is 4.79 Å². The summed E-state index contributed by atoms with van der Waals surface area (Å²) in [5, 5.41) is 17.3. The van der Waals surface area contributed by atoms with Crippen molar-refractivity contribution in [3.8, 4) is 11.8 Å². The molecule has 1 heterocycles. The fraction of sp³-hybridized carbons (Fsp3) is 0.0556. The maximum absolute atomic E-state index is 12.4. The third-order valence-electron chi connectivity index (χ3n) is 3.40. The molecule has 3 aromatic rings. The highest BCUT2D eigenvalue weighted by Gasteiger charge is 2.15. The third kappa shape index (κ3) is 4.20. The fourth-order valence-electron chi connectivity index (χ4n) is 2.21. The summed E-state index contributed by atoms with van der Waals surface area (Å²) >= 11 is 13.3. The number of carbonyl (C=O) groups excluding carboxylic acids is 1. The Kier molecular flexibility index (Phi) is 5.84. The SMILES string of the molecule is N#Cc1cnn(-c2ccccc2)c1NC(=O)CSc1cc(Cl)ccc1Cl. The molecule has 0 saturated heterocycles. The van der Waals surface area contributed by atoms with Gasteiger partial charge in [0, 0.05) is 9.92 Å². The van der Waals surface area contributed by atoms with Crippen LogP contribution in [0.1, 0.15) is 5.56 Å². The van der Waals surface area contributed by atoms with Crippen molar-refractivity contribution in [2.75, 3.05) is 11.1 Å². The second-order valence-electron chi connectivity index (χ2n) is 5.18. The first kappa shape index (κ1) is 18.3. The van der Waals surface area contributed by atoms with Crippen LogP contribution in [0.15, 0.2) is 59.6 Å². The van der Waals surface area contributed by atoms with Gasteiger partial charge in [-0.1, -0.05) is 41.4 Å². The van der Waals surface area contributed by atoms with E-state index in [2.05, 4.69) is 10.4 Å². The number of nitrogens with zero attached hydrogens (tertiary/aromatic N) is 3. The second kappa shape index (κ2) is 8.28. The summed E-state index contributed by atoms with van der Waals surface area (Å²) < 4.78 is 1.52. The van der Waals surface area contributed by atoms with Crippen LogP contribution in [0.25, 0.3) is 5.69 Å². The summed E-state index contributed by atoms with van der Waals surface area (Å²) in [6.45, 7) is 0. The van der Waals surface area contributed by atoms with Crippen molar-refractivity contribution >= 4 is 46.7 Å². The van der Waals surface area contributed by atoms with Gasteiger partial charge in [0.05, 0.1) is 22.7 Å². The molecule has 8 heteroatoms. The Morgan fingerprint density at radius 2 is 2.00 bits per heavy atom. The van der Waals surface area contributed by atoms with E-state index in [1.165, 1.54) is 22.6 Å². The summed E-state index contributed by atoms with van der Waals surface area (Å²) in [6, 6.07) is 16.4. The molecule has 0 saturated carbocycles. The van der Waals surface area contributed by atoms with Crippen LogP contribution in [0.5, 0.6) is 0 Å². The number of rotatable bonds is 5. The van der Waals surface area contributed by atoms with E-state index in [4.69, 9.17) is 23.2 Å². The molecule has 5 nitrogen and oxygen atoms in total. The molecule has 1 amide bonds. The number of hydrogen-bond donors (Lipinski definition) is 1. The van der Waals surface area contributed by atoms with Crippen molar-refractivity contribution in [3.63, 3.8) is 0 Å². The van der Waals surface area contributed by atoms with Gasteiger partial charge in [0.25, 0.3) is 0 Å². The van der Waals surface area contributed by atoms with Gasteiger partial charge in [0.2, 0.25) is 5.91 Å². The predicted octanol–water partition coefficient (Wildman–Crippen LogP) is 4.78. The van der Waals surface area contributed by atoms with Crippen LogP contribution in [0.2, 0.25) is 10.0 Å². The van der Waals surface area contributed by atoms with Gasteiger partial charge in [-0.25, -0.2) is 4.68 Å². The molecular weight excluding hydrogens is 391 g/mol. The quantitative estimate of drug-likeness (QED) is 0.623. The van der Waals surface area contributed by atoms with Crippen molar-refractivity contribution in [3.05, 3.63) is 70.3 Å². The number of amides is 1. The highest BCUT2D eigenvalue weighted by molar-refractivity contribution is 8.00. The van der Waals surface area contributed by atoms with Gasteiger partial charge >= 0.3 is 0 Å². The van der Waals surface area contributed by atoms with Crippen LogP contribution in [0, 0.1) is 11.3 Å². The van der Waals surface area contributed by atoms with E-state index in [9.17, 15) is 10.1 Å². The average molecular weight is 403 g/mol. The van der Waals surface area contributed by atoms with Crippen molar-refractivity contribution in [2.45, 2.75) is 4.90 Å². The molecule has 130 valence electrons. The van der Waals surface area contributed by atoms with Gasteiger partial charge in [0.1, 0.15) is 11.6 Å². The summed E-state index contributed by atoms with van der Waals surface area (Å²) in [5.41, 5.74) is 1.03. The third-order valence-corrected chi connectivity index (χ3v) is 5.13. The lowest BCUT2D eigenvalue weighted by Crippen LogP contribution is -2.17. The minimum atomic E-state index is -0.278. The van der Waals surface area contributed by atoms with Gasteiger partial charge in [-0.2, -0.15) is 10.4 Å². The minimum absolute atomic E-state index is 0.116. The second-order valence-corrected chi connectivity index (χ2v) is 7.04. The number of nitriles is 1. The maximum atomic E-state index is 12.4. The lowest BCUT2D eigenvalue weighted by Gasteiger charge is -2.10. The summed E-state index contributed by atoms with van der Waals surface area (Å²) in [5.74, 6) is 0.173. The Balaban J connectivity index is 1.76. The van der Waals surface area contributed by atoms with Crippen LogP contribution < -0.4 is 5.32 Å². The Hall–Kier alpha value is -2.46. The normalized spacial score (nSPS) is 10.3. The monoisotopic (exact) mass is 402 g/mol. The molecule has 0 aliphatic heterocycles. The number of hydrogen-bond acceptors (Lipinski definition) is 4. The lowest BCUT2D eigenvalue weighted by atomic mass is 10.3.